The SMILES string of the molecule is CCOC(=O)CCS(=O)(=O)NC1C(C)(C)C(N)C1(C)C. The van der Waals surface area contributed by atoms with Gasteiger partial charge in [0.2, 0.25) is 10.0 Å². The standard InChI is InChI=1S/C13H26N2O4S/c1-6-19-9(16)7-8-20(17,18)15-11-12(2,3)10(14)13(11,4)5/h10-11,15H,6-8,14H2,1-5H3. The molecule has 0 atom stereocenters. The zero-order chi connectivity index (χ0) is 15.8. The second-order valence-electron chi connectivity index (χ2n) is 6.55. The Morgan fingerprint density at radius 2 is 1.75 bits per heavy atom. The van der Waals surface area contributed by atoms with Crippen LogP contribution in [-0.4, -0.2) is 38.8 Å². The summed E-state index contributed by atoms with van der Waals surface area (Å²) in [4.78, 5) is 11.2. The molecule has 0 aromatic heterocycles. The molecular weight excluding hydrogens is 280 g/mol. The highest BCUT2D eigenvalue weighted by Gasteiger charge is 2.60. The average molecular weight is 306 g/mol. The minimum Gasteiger partial charge on any atom is -0.466 e. The number of nitrogens with two attached hydrogens (primary N) is 1. The summed E-state index contributed by atoms with van der Waals surface area (Å²) in [6, 6.07) is -0.315. The van der Waals surface area contributed by atoms with E-state index in [1.54, 1.807) is 6.92 Å². The van der Waals surface area contributed by atoms with Gasteiger partial charge in [-0.1, -0.05) is 27.7 Å². The van der Waals surface area contributed by atoms with Crippen LogP contribution in [-0.2, 0) is 19.6 Å². The molecule has 1 fully saturated rings. The van der Waals surface area contributed by atoms with Crippen LogP contribution < -0.4 is 10.5 Å². The number of carbonyl (C=O) groups excluding carboxylic acids is 1. The third-order valence-electron chi connectivity index (χ3n) is 4.27. The molecule has 3 N–H and O–H groups in total. The lowest BCUT2D eigenvalue weighted by molar-refractivity contribution is -0.142. The molecule has 0 radical (unpaired) electrons. The van der Waals surface area contributed by atoms with Crippen LogP contribution in [0.1, 0.15) is 41.0 Å². The fourth-order valence-corrected chi connectivity index (χ4v) is 4.69. The van der Waals surface area contributed by atoms with Gasteiger partial charge in [0.15, 0.2) is 0 Å². The predicted octanol–water partition coefficient (Wildman–Crippen LogP) is 0.621. The fraction of sp³-hybridized carbons (Fsp3) is 0.923. The van der Waals surface area contributed by atoms with Crippen LogP contribution in [0.5, 0.6) is 0 Å². The van der Waals surface area contributed by atoms with Crippen LogP contribution >= 0.6 is 0 Å². The molecule has 1 rings (SSSR count). The van der Waals surface area contributed by atoms with Gasteiger partial charge < -0.3 is 10.5 Å². The van der Waals surface area contributed by atoms with Gasteiger partial charge in [-0.2, -0.15) is 0 Å². The van der Waals surface area contributed by atoms with E-state index in [9.17, 15) is 13.2 Å². The summed E-state index contributed by atoms with van der Waals surface area (Å²) < 4.78 is 31.5. The molecule has 7 heteroatoms. The lowest BCUT2D eigenvalue weighted by atomic mass is 9.49. The Bertz CT molecular complexity index is 455. The molecule has 0 bridgehead atoms. The molecule has 20 heavy (non-hydrogen) atoms. The Hall–Kier alpha value is -0.660. The van der Waals surface area contributed by atoms with E-state index in [-0.39, 0.29) is 41.7 Å². The molecular formula is C13H26N2O4S. The monoisotopic (exact) mass is 306 g/mol. The van der Waals surface area contributed by atoms with Crippen LogP contribution in [0.4, 0.5) is 0 Å². The summed E-state index contributed by atoms with van der Waals surface area (Å²) in [7, 11) is -3.53. The van der Waals surface area contributed by atoms with Gasteiger partial charge in [-0.15, -0.1) is 0 Å². The van der Waals surface area contributed by atoms with Crippen molar-refractivity contribution in [2.45, 2.75) is 53.1 Å². The largest absolute Gasteiger partial charge is 0.466 e. The summed E-state index contributed by atoms with van der Waals surface area (Å²) in [6.07, 6.45) is -0.136. The Balaban J connectivity index is 2.65. The van der Waals surface area contributed by atoms with E-state index in [0.29, 0.717) is 0 Å². The number of hydrogen-bond acceptors (Lipinski definition) is 5. The maximum Gasteiger partial charge on any atom is 0.306 e. The minimum atomic E-state index is -3.53. The molecule has 0 spiro atoms. The first-order chi connectivity index (χ1) is 8.95. The first-order valence-electron chi connectivity index (χ1n) is 6.86. The van der Waals surface area contributed by atoms with E-state index in [4.69, 9.17) is 10.5 Å². The van der Waals surface area contributed by atoms with Crippen LogP contribution in [0.15, 0.2) is 0 Å². The zero-order valence-electron chi connectivity index (χ0n) is 12.9. The molecule has 0 amide bonds. The average Bonchev–Trinajstić information content (AvgIpc) is 2.33. The molecule has 118 valence electrons. The molecule has 0 aromatic carbocycles. The van der Waals surface area contributed by atoms with Gasteiger partial charge in [-0.25, -0.2) is 13.1 Å². The summed E-state index contributed by atoms with van der Waals surface area (Å²) >= 11 is 0. The van der Waals surface area contributed by atoms with Crippen molar-refractivity contribution in [2.24, 2.45) is 16.6 Å². The maximum atomic E-state index is 12.1. The van der Waals surface area contributed by atoms with Crippen LogP contribution in [0.3, 0.4) is 0 Å². The van der Waals surface area contributed by atoms with Crippen molar-refractivity contribution < 1.29 is 17.9 Å². The Morgan fingerprint density at radius 1 is 1.25 bits per heavy atom. The summed E-state index contributed by atoms with van der Waals surface area (Å²) in [5.74, 6) is -0.759. The fourth-order valence-electron chi connectivity index (χ4n) is 3.17. The van der Waals surface area contributed by atoms with Crippen molar-refractivity contribution in [3.05, 3.63) is 0 Å². The lowest BCUT2D eigenvalue weighted by Crippen LogP contribution is -2.76. The number of rotatable bonds is 6. The summed E-state index contributed by atoms with van der Waals surface area (Å²) in [5.41, 5.74) is 5.49. The number of carbonyl (C=O) groups is 1. The van der Waals surface area contributed by atoms with Crippen LogP contribution in [0, 0.1) is 10.8 Å². The first-order valence-corrected chi connectivity index (χ1v) is 8.51. The van der Waals surface area contributed by atoms with Gasteiger partial charge in [0.1, 0.15) is 0 Å². The number of nitrogens with one attached hydrogen (secondary N) is 1. The van der Waals surface area contributed by atoms with Gasteiger partial charge in [0.25, 0.3) is 0 Å². The number of sulfonamides is 1. The van der Waals surface area contributed by atoms with Gasteiger partial charge >= 0.3 is 5.97 Å². The van der Waals surface area contributed by atoms with E-state index >= 15 is 0 Å². The van der Waals surface area contributed by atoms with Crippen molar-refractivity contribution in [3.63, 3.8) is 0 Å². The molecule has 1 aliphatic carbocycles. The Morgan fingerprint density at radius 3 is 2.20 bits per heavy atom. The van der Waals surface area contributed by atoms with E-state index in [1.807, 2.05) is 27.7 Å². The van der Waals surface area contributed by atoms with Crippen molar-refractivity contribution in [1.82, 2.24) is 4.72 Å². The highest BCUT2D eigenvalue weighted by Crippen LogP contribution is 2.52. The highest BCUT2D eigenvalue weighted by atomic mass is 32.2. The molecule has 0 unspecified atom stereocenters. The van der Waals surface area contributed by atoms with Gasteiger partial charge in [0.05, 0.1) is 18.8 Å². The predicted molar refractivity (Wildman–Crippen MR) is 77.5 cm³/mol. The second-order valence-corrected chi connectivity index (χ2v) is 8.42. The highest BCUT2D eigenvalue weighted by molar-refractivity contribution is 7.89. The number of esters is 1. The van der Waals surface area contributed by atoms with Gasteiger partial charge in [-0.05, 0) is 17.8 Å². The number of ether oxygens (including phenoxy) is 1. The first kappa shape index (κ1) is 17.4. The Labute approximate surface area is 121 Å². The third-order valence-corrected chi connectivity index (χ3v) is 5.61. The van der Waals surface area contributed by atoms with E-state index in [2.05, 4.69) is 4.72 Å². The molecule has 6 nitrogen and oxygen atoms in total. The van der Waals surface area contributed by atoms with Crippen LogP contribution in [0.25, 0.3) is 0 Å². The van der Waals surface area contributed by atoms with E-state index in [0.717, 1.165) is 0 Å². The molecule has 1 aliphatic rings. The topological polar surface area (TPSA) is 98.5 Å². The summed E-state index contributed by atoms with van der Waals surface area (Å²) in [6.45, 7) is 9.72. The summed E-state index contributed by atoms with van der Waals surface area (Å²) in [5, 5.41) is 0. The van der Waals surface area contributed by atoms with Crippen molar-refractivity contribution in [3.8, 4) is 0 Å². The second kappa shape index (κ2) is 5.61. The molecule has 0 heterocycles. The number of hydrogen-bond donors (Lipinski definition) is 2. The van der Waals surface area contributed by atoms with E-state index in [1.165, 1.54) is 0 Å². The lowest BCUT2D eigenvalue weighted by Gasteiger charge is -2.62. The van der Waals surface area contributed by atoms with Gasteiger partial charge in [0, 0.05) is 12.1 Å². The molecule has 0 aromatic rings. The molecule has 0 aliphatic heterocycles. The smallest absolute Gasteiger partial charge is 0.306 e. The minimum absolute atomic E-state index is 0.0762. The van der Waals surface area contributed by atoms with Crippen molar-refractivity contribution in [2.75, 3.05) is 12.4 Å². The molecule has 0 saturated heterocycles. The third kappa shape index (κ3) is 3.32. The zero-order valence-corrected chi connectivity index (χ0v) is 13.7. The molecule has 1 saturated carbocycles. The van der Waals surface area contributed by atoms with Crippen LogP contribution in [0.2, 0.25) is 0 Å². The van der Waals surface area contributed by atoms with Crippen molar-refractivity contribution in [1.29, 1.82) is 0 Å². The maximum absolute atomic E-state index is 12.1. The van der Waals surface area contributed by atoms with E-state index < -0.39 is 16.0 Å². The quantitative estimate of drug-likeness (QED) is 0.701. The van der Waals surface area contributed by atoms with Crippen molar-refractivity contribution >= 4 is 16.0 Å². The van der Waals surface area contributed by atoms with Gasteiger partial charge in [-0.3, -0.25) is 4.79 Å². The normalized spacial score (nSPS) is 27.7. The Kier molecular flexibility index (Phi) is 4.88.